The smallest absolute Gasteiger partial charge is 0.251 e. The molecule has 1 aliphatic rings. The van der Waals surface area contributed by atoms with Gasteiger partial charge in [0.05, 0.1) is 5.52 Å². The highest BCUT2D eigenvalue weighted by atomic mass is 35.5. The Morgan fingerprint density at radius 3 is 2.37 bits per heavy atom. The molecule has 1 saturated heterocycles. The zero-order valence-electron chi connectivity index (χ0n) is 16.0. The average molecular weight is 383 g/mol. The summed E-state index contributed by atoms with van der Waals surface area (Å²) < 4.78 is 2.05. The van der Waals surface area contributed by atoms with Crippen molar-refractivity contribution in [3.63, 3.8) is 0 Å². The Morgan fingerprint density at radius 1 is 0.963 bits per heavy atom. The van der Waals surface area contributed by atoms with Crippen molar-refractivity contribution in [3.8, 4) is 0 Å². The van der Waals surface area contributed by atoms with Gasteiger partial charge in [0.15, 0.2) is 0 Å². The second kappa shape index (κ2) is 8.28. The van der Waals surface area contributed by atoms with Crippen molar-refractivity contribution >= 4 is 23.3 Å². The molecule has 3 aromatic rings. The van der Waals surface area contributed by atoms with E-state index in [9.17, 15) is 4.79 Å². The molecule has 1 fully saturated rings. The number of piperidine rings is 1. The summed E-state index contributed by atoms with van der Waals surface area (Å²) in [5.74, 6) is 0. The average Bonchev–Trinajstić information content (AvgIpc) is 2.63. The van der Waals surface area contributed by atoms with Crippen molar-refractivity contribution in [1.29, 1.82) is 0 Å². The Labute approximate surface area is 167 Å². The van der Waals surface area contributed by atoms with Crippen molar-refractivity contribution in [2.45, 2.75) is 39.3 Å². The fourth-order valence-electron chi connectivity index (χ4n) is 4.28. The van der Waals surface area contributed by atoms with Gasteiger partial charge in [-0.1, -0.05) is 36.4 Å². The minimum Gasteiger partial charge on any atom is -0.305 e. The SMILES string of the molecule is Cc1cc(C)c2ccc(=O)n(C3CCN(Cc4ccccc4)CC3)c2c1.Cl. The number of rotatable bonds is 3. The summed E-state index contributed by atoms with van der Waals surface area (Å²) in [4.78, 5) is 15.2. The van der Waals surface area contributed by atoms with E-state index < -0.39 is 0 Å². The van der Waals surface area contributed by atoms with Crippen molar-refractivity contribution in [1.82, 2.24) is 9.47 Å². The number of benzene rings is 2. The molecule has 2 heterocycles. The number of hydrogen-bond acceptors (Lipinski definition) is 2. The molecule has 0 amide bonds. The van der Waals surface area contributed by atoms with Gasteiger partial charge in [-0.3, -0.25) is 9.69 Å². The molecular formula is C23H27ClN2O. The summed E-state index contributed by atoms with van der Waals surface area (Å²) in [5.41, 5.74) is 5.05. The van der Waals surface area contributed by atoms with E-state index in [0.29, 0.717) is 6.04 Å². The zero-order chi connectivity index (χ0) is 18.1. The van der Waals surface area contributed by atoms with Crippen LogP contribution in [0.25, 0.3) is 10.9 Å². The molecule has 3 nitrogen and oxygen atoms in total. The van der Waals surface area contributed by atoms with Crippen molar-refractivity contribution < 1.29 is 0 Å². The first-order valence-electron chi connectivity index (χ1n) is 9.50. The van der Waals surface area contributed by atoms with Gasteiger partial charge in [-0.25, -0.2) is 0 Å². The molecule has 0 unspecified atom stereocenters. The van der Waals surface area contributed by atoms with E-state index in [1.165, 1.54) is 22.1 Å². The summed E-state index contributed by atoms with van der Waals surface area (Å²) in [7, 11) is 0. The summed E-state index contributed by atoms with van der Waals surface area (Å²) >= 11 is 0. The third-order valence-electron chi connectivity index (χ3n) is 5.57. The van der Waals surface area contributed by atoms with Crippen LogP contribution in [0.15, 0.2) is 59.4 Å². The number of fused-ring (bicyclic) bond motifs is 1. The molecule has 0 atom stereocenters. The van der Waals surface area contributed by atoms with E-state index in [2.05, 4.69) is 65.8 Å². The van der Waals surface area contributed by atoms with Gasteiger partial charge in [-0.05, 0) is 55.5 Å². The first-order valence-corrected chi connectivity index (χ1v) is 9.50. The van der Waals surface area contributed by atoms with Crippen molar-refractivity contribution in [2.24, 2.45) is 0 Å². The highest BCUT2D eigenvalue weighted by Gasteiger charge is 2.22. The Kier molecular flexibility index (Phi) is 6.03. The normalized spacial score (nSPS) is 15.6. The first-order chi connectivity index (χ1) is 12.6. The van der Waals surface area contributed by atoms with E-state index in [1.807, 2.05) is 6.07 Å². The van der Waals surface area contributed by atoms with Gasteiger partial charge in [0.2, 0.25) is 0 Å². The lowest BCUT2D eigenvalue weighted by atomic mass is 10.0. The number of aromatic nitrogens is 1. The lowest BCUT2D eigenvalue weighted by Crippen LogP contribution is -2.37. The molecule has 1 aliphatic heterocycles. The summed E-state index contributed by atoms with van der Waals surface area (Å²) in [6.45, 7) is 7.31. The maximum absolute atomic E-state index is 12.7. The Balaban J connectivity index is 0.00000210. The second-order valence-electron chi connectivity index (χ2n) is 7.55. The third-order valence-corrected chi connectivity index (χ3v) is 5.57. The maximum Gasteiger partial charge on any atom is 0.251 e. The second-order valence-corrected chi connectivity index (χ2v) is 7.55. The maximum atomic E-state index is 12.7. The standard InChI is InChI=1S/C23H26N2O.ClH/c1-17-14-18(2)21-8-9-23(26)25(22(21)15-17)20-10-12-24(13-11-20)16-19-6-4-3-5-7-19;/h3-9,14-15,20H,10-13,16H2,1-2H3;1H. The fraction of sp³-hybridized carbons (Fsp3) is 0.348. The minimum absolute atomic E-state index is 0. The van der Waals surface area contributed by atoms with Gasteiger partial charge >= 0.3 is 0 Å². The molecule has 142 valence electrons. The van der Waals surface area contributed by atoms with E-state index in [4.69, 9.17) is 0 Å². The number of nitrogens with zero attached hydrogens (tertiary/aromatic N) is 2. The largest absolute Gasteiger partial charge is 0.305 e. The first kappa shape index (κ1) is 19.7. The van der Waals surface area contributed by atoms with Crippen LogP contribution in [-0.4, -0.2) is 22.6 Å². The van der Waals surface area contributed by atoms with Crippen LogP contribution in [-0.2, 0) is 6.54 Å². The van der Waals surface area contributed by atoms with Crippen LogP contribution in [0.3, 0.4) is 0 Å². The molecule has 0 radical (unpaired) electrons. The molecule has 1 aromatic heterocycles. The lowest BCUT2D eigenvalue weighted by Gasteiger charge is -2.33. The van der Waals surface area contributed by atoms with E-state index in [0.717, 1.165) is 38.0 Å². The highest BCUT2D eigenvalue weighted by Crippen LogP contribution is 2.27. The van der Waals surface area contributed by atoms with Gasteiger partial charge in [0.25, 0.3) is 5.56 Å². The predicted molar refractivity (Wildman–Crippen MR) is 115 cm³/mol. The van der Waals surface area contributed by atoms with E-state index in [1.54, 1.807) is 6.07 Å². The predicted octanol–water partition coefficient (Wildman–Crippen LogP) is 4.88. The summed E-state index contributed by atoms with van der Waals surface area (Å²) in [6.07, 6.45) is 2.05. The Bertz CT molecular complexity index is 973. The molecule has 0 bridgehead atoms. The molecule has 4 heteroatoms. The lowest BCUT2D eigenvalue weighted by molar-refractivity contribution is 0.180. The van der Waals surface area contributed by atoms with Crippen LogP contribution in [0.5, 0.6) is 0 Å². The molecule has 27 heavy (non-hydrogen) atoms. The zero-order valence-corrected chi connectivity index (χ0v) is 16.8. The highest BCUT2D eigenvalue weighted by molar-refractivity contribution is 5.85. The van der Waals surface area contributed by atoms with Crippen molar-refractivity contribution in [3.05, 3.63) is 81.6 Å². The van der Waals surface area contributed by atoms with Gasteiger partial charge in [0, 0.05) is 37.1 Å². The Hall–Kier alpha value is -2.10. The molecule has 0 spiro atoms. The van der Waals surface area contributed by atoms with Crippen LogP contribution in [0.2, 0.25) is 0 Å². The van der Waals surface area contributed by atoms with Crippen molar-refractivity contribution in [2.75, 3.05) is 13.1 Å². The summed E-state index contributed by atoms with van der Waals surface area (Å²) in [5, 5.41) is 1.20. The van der Waals surface area contributed by atoms with Crippen LogP contribution >= 0.6 is 12.4 Å². The molecule has 4 rings (SSSR count). The topological polar surface area (TPSA) is 25.2 Å². The van der Waals surface area contributed by atoms with Gasteiger partial charge in [-0.15, -0.1) is 12.4 Å². The molecule has 0 aliphatic carbocycles. The van der Waals surface area contributed by atoms with E-state index >= 15 is 0 Å². The van der Waals surface area contributed by atoms with E-state index in [-0.39, 0.29) is 18.0 Å². The van der Waals surface area contributed by atoms with Crippen LogP contribution in [0.4, 0.5) is 0 Å². The summed E-state index contributed by atoms with van der Waals surface area (Å²) in [6, 6.07) is 19.0. The van der Waals surface area contributed by atoms with Crippen LogP contribution in [0.1, 0.15) is 35.6 Å². The third kappa shape index (κ3) is 4.10. The number of likely N-dealkylation sites (tertiary alicyclic amines) is 1. The number of hydrogen-bond donors (Lipinski definition) is 0. The number of pyridine rings is 1. The van der Waals surface area contributed by atoms with Crippen LogP contribution in [0, 0.1) is 13.8 Å². The van der Waals surface area contributed by atoms with Crippen LogP contribution < -0.4 is 5.56 Å². The minimum atomic E-state index is 0. The molecule has 2 aromatic carbocycles. The fourth-order valence-corrected chi connectivity index (χ4v) is 4.28. The van der Waals surface area contributed by atoms with Gasteiger partial charge < -0.3 is 4.57 Å². The van der Waals surface area contributed by atoms with Gasteiger partial charge in [0.1, 0.15) is 0 Å². The number of aryl methyl sites for hydroxylation is 2. The quantitative estimate of drug-likeness (QED) is 0.645. The molecule has 0 saturated carbocycles. The molecular weight excluding hydrogens is 356 g/mol. The Morgan fingerprint density at radius 2 is 1.67 bits per heavy atom. The van der Waals surface area contributed by atoms with Gasteiger partial charge in [-0.2, -0.15) is 0 Å². The monoisotopic (exact) mass is 382 g/mol. The number of halogens is 1. The molecule has 0 N–H and O–H groups in total.